The third-order valence-corrected chi connectivity index (χ3v) is 3.09. The van der Waals surface area contributed by atoms with Gasteiger partial charge in [0.05, 0.1) is 5.56 Å². The Morgan fingerprint density at radius 1 is 1.31 bits per heavy atom. The summed E-state index contributed by atoms with van der Waals surface area (Å²) in [7, 11) is 0. The van der Waals surface area contributed by atoms with E-state index in [9.17, 15) is 4.79 Å². The zero-order chi connectivity index (χ0) is 9.10. The maximum Gasteiger partial charge on any atom is 0.254 e. The molecule has 0 unspecified atom stereocenters. The molecule has 1 amide bonds. The number of thiophene rings is 1. The molecule has 1 aromatic heterocycles. The van der Waals surface area contributed by atoms with Crippen LogP contribution in [0.1, 0.15) is 29.6 Å². The largest absolute Gasteiger partial charge is 0.339 e. The Bertz CT molecular complexity index is 275. The van der Waals surface area contributed by atoms with Crippen LogP contribution in [0.25, 0.3) is 0 Å². The minimum Gasteiger partial charge on any atom is -0.339 e. The van der Waals surface area contributed by atoms with Gasteiger partial charge in [-0.3, -0.25) is 4.79 Å². The van der Waals surface area contributed by atoms with Gasteiger partial charge in [-0.2, -0.15) is 11.3 Å². The van der Waals surface area contributed by atoms with Crippen molar-refractivity contribution in [3.05, 3.63) is 22.4 Å². The summed E-state index contributed by atoms with van der Waals surface area (Å²) < 4.78 is 0. The summed E-state index contributed by atoms with van der Waals surface area (Å²) in [5.41, 5.74) is 0.854. The fourth-order valence-electron chi connectivity index (χ4n) is 1.67. The standard InChI is InChI=1S/C10H13NOS/c12-10(9-4-7-13-8-9)11-5-2-1-3-6-11/h4,7-8H,1-3,5-6H2. The summed E-state index contributed by atoms with van der Waals surface area (Å²) >= 11 is 1.58. The quantitative estimate of drug-likeness (QED) is 0.673. The molecule has 0 bridgehead atoms. The summed E-state index contributed by atoms with van der Waals surface area (Å²) in [6, 6.07) is 1.90. The van der Waals surface area contributed by atoms with E-state index in [1.54, 1.807) is 11.3 Å². The Morgan fingerprint density at radius 3 is 2.69 bits per heavy atom. The fraction of sp³-hybridized carbons (Fsp3) is 0.500. The number of carbonyl (C=O) groups excluding carboxylic acids is 1. The highest BCUT2D eigenvalue weighted by atomic mass is 32.1. The normalized spacial score (nSPS) is 17.4. The number of rotatable bonds is 1. The van der Waals surface area contributed by atoms with E-state index in [1.807, 2.05) is 21.7 Å². The lowest BCUT2D eigenvalue weighted by atomic mass is 10.1. The average Bonchev–Trinajstić information content (AvgIpc) is 2.71. The Kier molecular flexibility index (Phi) is 2.64. The maximum atomic E-state index is 11.8. The zero-order valence-corrected chi connectivity index (χ0v) is 8.35. The summed E-state index contributed by atoms with van der Waals surface area (Å²) in [4.78, 5) is 13.8. The van der Waals surface area contributed by atoms with Gasteiger partial charge in [-0.25, -0.2) is 0 Å². The summed E-state index contributed by atoms with van der Waals surface area (Å²) in [5, 5.41) is 3.88. The van der Waals surface area contributed by atoms with Gasteiger partial charge < -0.3 is 4.90 Å². The molecule has 0 spiro atoms. The molecule has 0 aliphatic carbocycles. The number of hydrogen-bond acceptors (Lipinski definition) is 2. The van der Waals surface area contributed by atoms with Crippen LogP contribution in [0.15, 0.2) is 16.8 Å². The van der Waals surface area contributed by atoms with Gasteiger partial charge in [-0.1, -0.05) is 0 Å². The van der Waals surface area contributed by atoms with Crippen molar-refractivity contribution < 1.29 is 4.79 Å². The van der Waals surface area contributed by atoms with Crippen LogP contribution >= 0.6 is 11.3 Å². The second kappa shape index (κ2) is 3.92. The van der Waals surface area contributed by atoms with Crippen LogP contribution in [0.3, 0.4) is 0 Å². The fourth-order valence-corrected chi connectivity index (χ4v) is 2.30. The molecule has 3 heteroatoms. The number of nitrogens with zero attached hydrogens (tertiary/aromatic N) is 1. The molecule has 2 nitrogen and oxygen atoms in total. The van der Waals surface area contributed by atoms with Crippen LogP contribution in [0.5, 0.6) is 0 Å². The monoisotopic (exact) mass is 195 g/mol. The first-order valence-electron chi connectivity index (χ1n) is 4.69. The van der Waals surface area contributed by atoms with E-state index in [-0.39, 0.29) is 5.91 Å². The van der Waals surface area contributed by atoms with Crippen molar-refractivity contribution in [2.24, 2.45) is 0 Å². The van der Waals surface area contributed by atoms with Gasteiger partial charge in [-0.15, -0.1) is 0 Å². The number of amides is 1. The number of likely N-dealkylation sites (tertiary alicyclic amines) is 1. The van der Waals surface area contributed by atoms with E-state index in [2.05, 4.69) is 0 Å². The molecule has 1 fully saturated rings. The van der Waals surface area contributed by atoms with Gasteiger partial charge in [0.25, 0.3) is 5.91 Å². The van der Waals surface area contributed by atoms with Gasteiger partial charge >= 0.3 is 0 Å². The lowest BCUT2D eigenvalue weighted by molar-refractivity contribution is 0.0725. The molecule has 0 radical (unpaired) electrons. The van der Waals surface area contributed by atoms with E-state index in [4.69, 9.17) is 0 Å². The molecular weight excluding hydrogens is 182 g/mol. The Labute approximate surface area is 82.2 Å². The van der Waals surface area contributed by atoms with Crippen LogP contribution in [0.2, 0.25) is 0 Å². The van der Waals surface area contributed by atoms with Crippen molar-refractivity contribution in [2.45, 2.75) is 19.3 Å². The molecule has 13 heavy (non-hydrogen) atoms. The highest BCUT2D eigenvalue weighted by molar-refractivity contribution is 7.08. The minimum atomic E-state index is 0.209. The summed E-state index contributed by atoms with van der Waals surface area (Å²) in [5.74, 6) is 0.209. The van der Waals surface area contributed by atoms with Crippen molar-refractivity contribution in [1.82, 2.24) is 4.90 Å². The third-order valence-electron chi connectivity index (χ3n) is 2.41. The predicted molar refractivity (Wildman–Crippen MR) is 54.1 cm³/mol. The van der Waals surface area contributed by atoms with E-state index in [0.29, 0.717) is 0 Å². The van der Waals surface area contributed by atoms with Crippen molar-refractivity contribution in [2.75, 3.05) is 13.1 Å². The van der Waals surface area contributed by atoms with Crippen LogP contribution in [0, 0.1) is 0 Å². The Balaban J connectivity index is 2.04. The van der Waals surface area contributed by atoms with E-state index >= 15 is 0 Å². The number of carbonyl (C=O) groups is 1. The molecule has 70 valence electrons. The van der Waals surface area contributed by atoms with Crippen LogP contribution in [0.4, 0.5) is 0 Å². The lowest BCUT2D eigenvalue weighted by Gasteiger charge is -2.26. The molecule has 2 heterocycles. The first-order chi connectivity index (χ1) is 6.38. The highest BCUT2D eigenvalue weighted by Crippen LogP contribution is 2.14. The molecule has 2 rings (SSSR count). The zero-order valence-electron chi connectivity index (χ0n) is 7.53. The van der Waals surface area contributed by atoms with Crippen molar-refractivity contribution in [1.29, 1.82) is 0 Å². The molecule has 1 saturated heterocycles. The molecular formula is C10H13NOS. The molecule has 1 aliphatic rings. The van der Waals surface area contributed by atoms with Crippen LogP contribution in [-0.2, 0) is 0 Å². The average molecular weight is 195 g/mol. The smallest absolute Gasteiger partial charge is 0.254 e. The highest BCUT2D eigenvalue weighted by Gasteiger charge is 2.17. The van der Waals surface area contributed by atoms with Gasteiger partial charge in [-0.05, 0) is 30.7 Å². The van der Waals surface area contributed by atoms with E-state index in [1.165, 1.54) is 6.42 Å². The van der Waals surface area contributed by atoms with Gasteiger partial charge in [0.15, 0.2) is 0 Å². The number of hydrogen-bond donors (Lipinski definition) is 0. The third kappa shape index (κ3) is 1.91. The predicted octanol–water partition coefficient (Wildman–Crippen LogP) is 2.37. The first kappa shape index (κ1) is 8.75. The molecule has 0 N–H and O–H groups in total. The van der Waals surface area contributed by atoms with Gasteiger partial charge in [0, 0.05) is 18.5 Å². The summed E-state index contributed by atoms with van der Waals surface area (Å²) in [6.45, 7) is 1.88. The van der Waals surface area contributed by atoms with Crippen molar-refractivity contribution in [3.8, 4) is 0 Å². The van der Waals surface area contributed by atoms with Crippen LogP contribution < -0.4 is 0 Å². The van der Waals surface area contributed by atoms with E-state index in [0.717, 1.165) is 31.5 Å². The summed E-state index contributed by atoms with van der Waals surface area (Å²) in [6.07, 6.45) is 3.60. The minimum absolute atomic E-state index is 0.209. The lowest BCUT2D eigenvalue weighted by Crippen LogP contribution is -2.35. The molecule has 0 saturated carbocycles. The van der Waals surface area contributed by atoms with E-state index < -0.39 is 0 Å². The second-order valence-electron chi connectivity index (χ2n) is 3.36. The molecule has 0 atom stereocenters. The molecule has 0 aromatic carbocycles. The SMILES string of the molecule is O=C(c1ccsc1)N1CCCCC1. The van der Waals surface area contributed by atoms with Crippen molar-refractivity contribution in [3.63, 3.8) is 0 Å². The second-order valence-corrected chi connectivity index (χ2v) is 4.14. The first-order valence-corrected chi connectivity index (χ1v) is 5.64. The van der Waals surface area contributed by atoms with Crippen molar-refractivity contribution >= 4 is 17.2 Å². The Hall–Kier alpha value is -0.830. The van der Waals surface area contributed by atoms with Gasteiger partial charge in [0.2, 0.25) is 0 Å². The number of piperidine rings is 1. The topological polar surface area (TPSA) is 20.3 Å². The van der Waals surface area contributed by atoms with Crippen LogP contribution in [-0.4, -0.2) is 23.9 Å². The molecule has 1 aromatic rings. The Morgan fingerprint density at radius 2 is 2.08 bits per heavy atom. The van der Waals surface area contributed by atoms with Gasteiger partial charge in [0.1, 0.15) is 0 Å². The molecule has 1 aliphatic heterocycles. The maximum absolute atomic E-state index is 11.8.